The first-order valence-corrected chi connectivity index (χ1v) is 11.0. The van der Waals surface area contributed by atoms with Crippen LogP contribution >= 0.6 is 11.3 Å². The molecule has 0 bridgehead atoms. The number of para-hydroxylation sites is 1. The number of hydrogen-bond acceptors (Lipinski definition) is 7. The first kappa shape index (κ1) is 20.3. The molecule has 29 heavy (non-hydrogen) atoms. The fraction of sp³-hybridized carbons (Fsp3) is 0.524. The molecule has 156 valence electrons. The van der Waals surface area contributed by atoms with E-state index >= 15 is 0 Å². The van der Waals surface area contributed by atoms with E-state index in [1.807, 2.05) is 29.2 Å². The Morgan fingerprint density at radius 3 is 2.59 bits per heavy atom. The van der Waals surface area contributed by atoms with Gasteiger partial charge in [0.2, 0.25) is 5.91 Å². The highest BCUT2D eigenvalue weighted by atomic mass is 32.1. The van der Waals surface area contributed by atoms with Gasteiger partial charge in [-0.05, 0) is 12.1 Å². The molecule has 1 amide bonds. The average Bonchev–Trinajstić information content (AvgIpc) is 3.24. The van der Waals surface area contributed by atoms with Crippen molar-refractivity contribution < 1.29 is 14.3 Å². The Morgan fingerprint density at radius 2 is 1.83 bits per heavy atom. The number of amides is 1. The number of carbonyl (C=O) groups excluding carboxylic acids is 1. The van der Waals surface area contributed by atoms with Gasteiger partial charge < -0.3 is 14.4 Å². The van der Waals surface area contributed by atoms with Crippen molar-refractivity contribution in [3.8, 4) is 16.3 Å². The lowest BCUT2D eigenvalue weighted by Crippen LogP contribution is -2.51. The highest BCUT2D eigenvalue weighted by Crippen LogP contribution is 2.32. The minimum Gasteiger partial charge on any atom is -0.496 e. The van der Waals surface area contributed by atoms with Crippen LogP contribution in [0.15, 0.2) is 29.6 Å². The molecule has 1 aromatic carbocycles. The molecule has 1 aromatic heterocycles. The average molecular weight is 417 g/mol. The Kier molecular flexibility index (Phi) is 6.76. The van der Waals surface area contributed by atoms with Crippen LogP contribution in [0.2, 0.25) is 0 Å². The van der Waals surface area contributed by atoms with E-state index in [1.54, 1.807) is 18.4 Å². The molecule has 0 spiro atoms. The van der Waals surface area contributed by atoms with E-state index in [0.717, 1.165) is 67.8 Å². The summed E-state index contributed by atoms with van der Waals surface area (Å²) in [5.41, 5.74) is 2.13. The van der Waals surface area contributed by atoms with Crippen molar-refractivity contribution in [2.45, 2.75) is 6.54 Å². The molecule has 2 aliphatic rings. The highest BCUT2D eigenvalue weighted by Gasteiger charge is 2.23. The summed E-state index contributed by atoms with van der Waals surface area (Å²) in [4.78, 5) is 23.8. The Balaban J connectivity index is 1.27. The van der Waals surface area contributed by atoms with Crippen LogP contribution in [0, 0.1) is 0 Å². The van der Waals surface area contributed by atoms with E-state index in [1.165, 1.54) is 0 Å². The molecule has 0 radical (unpaired) electrons. The molecule has 0 N–H and O–H groups in total. The van der Waals surface area contributed by atoms with Crippen molar-refractivity contribution in [2.24, 2.45) is 0 Å². The minimum absolute atomic E-state index is 0.225. The predicted octanol–water partition coefficient (Wildman–Crippen LogP) is 1.80. The third kappa shape index (κ3) is 5.14. The second-order valence-corrected chi connectivity index (χ2v) is 8.25. The number of carbonyl (C=O) groups is 1. The summed E-state index contributed by atoms with van der Waals surface area (Å²) in [5.74, 6) is 1.08. The number of methoxy groups -OCH3 is 1. The molecule has 7 nitrogen and oxygen atoms in total. The number of piperazine rings is 1. The minimum atomic E-state index is 0.225. The Morgan fingerprint density at radius 1 is 1.10 bits per heavy atom. The lowest BCUT2D eigenvalue weighted by molar-refractivity contribution is -0.136. The van der Waals surface area contributed by atoms with Crippen LogP contribution in [0.1, 0.15) is 5.69 Å². The summed E-state index contributed by atoms with van der Waals surface area (Å²) in [6.07, 6.45) is 0. The molecule has 4 rings (SSSR count). The number of rotatable bonds is 6. The van der Waals surface area contributed by atoms with Gasteiger partial charge in [-0.1, -0.05) is 12.1 Å². The third-order valence-corrected chi connectivity index (χ3v) is 6.39. The molecular formula is C21H28N4O3S. The number of ether oxygens (including phenoxy) is 2. The fourth-order valence-corrected chi connectivity index (χ4v) is 4.60. The molecule has 2 fully saturated rings. The van der Waals surface area contributed by atoms with E-state index < -0.39 is 0 Å². The van der Waals surface area contributed by atoms with Crippen LogP contribution < -0.4 is 4.74 Å². The van der Waals surface area contributed by atoms with E-state index in [2.05, 4.69) is 15.2 Å². The molecule has 0 unspecified atom stereocenters. The number of morpholine rings is 1. The van der Waals surface area contributed by atoms with Gasteiger partial charge in [-0.2, -0.15) is 0 Å². The Bertz CT molecular complexity index is 814. The number of hydrogen-bond donors (Lipinski definition) is 0. The summed E-state index contributed by atoms with van der Waals surface area (Å²) in [7, 11) is 1.69. The van der Waals surface area contributed by atoms with Gasteiger partial charge in [-0.15, -0.1) is 11.3 Å². The topological polar surface area (TPSA) is 58.1 Å². The summed E-state index contributed by atoms with van der Waals surface area (Å²) >= 11 is 1.66. The van der Waals surface area contributed by atoms with Crippen molar-refractivity contribution in [3.63, 3.8) is 0 Å². The molecule has 0 aliphatic carbocycles. The third-order valence-electron chi connectivity index (χ3n) is 5.46. The summed E-state index contributed by atoms with van der Waals surface area (Å²) in [6, 6.07) is 8.00. The van der Waals surface area contributed by atoms with Crippen LogP contribution in [0.25, 0.3) is 10.6 Å². The summed E-state index contributed by atoms with van der Waals surface area (Å²) in [6.45, 7) is 7.86. The van der Waals surface area contributed by atoms with Gasteiger partial charge in [0.1, 0.15) is 10.8 Å². The van der Waals surface area contributed by atoms with E-state index in [0.29, 0.717) is 19.8 Å². The second kappa shape index (κ2) is 9.67. The number of thiazole rings is 1. The van der Waals surface area contributed by atoms with Crippen molar-refractivity contribution in [2.75, 3.05) is 66.1 Å². The zero-order valence-corrected chi connectivity index (χ0v) is 17.7. The molecular weight excluding hydrogens is 388 g/mol. The standard InChI is InChI=1S/C21H28N4O3S/c1-27-19-5-3-2-4-18(19)21-22-17(16-29-21)14-23-6-8-24(9-7-23)15-20(26)25-10-12-28-13-11-25/h2-5,16H,6-15H2,1H3. The maximum Gasteiger partial charge on any atom is 0.236 e. The zero-order valence-electron chi connectivity index (χ0n) is 16.9. The molecule has 2 saturated heterocycles. The number of nitrogens with zero attached hydrogens (tertiary/aromatic N) is 4. The van der Waals surface area contributed by atoms with Gasteiger partial charge in [0.15, 0.2) is 0 Å². The smallest absolute Gasteiger partial charge is 0.236 e. The van der Waals surface area contributed by atoms with Gasteiger partial charge in [0.05, 0.1) is 38.1 Å². The maximum atomic E-state index is 12.4. The normalized spacial score (nSPS) is 18.7. The Hall–Kier alpha value is -2.00. The van der Waals surface area contributed by atoms with Crippen molar-refractivity contribution >= 4 is 17.2 Å². The molecule has 3 heterocycles. The van der Waals surface area contributed by atoms with Crippen LogP contribution in [-0.4, -0.2) is 91.7 Å². The number of benzene rings is 1. The summed E-state index contributed by atoms with van der Waals surface area (Å²) < 4.78 is 10.8. The molecule has 8 heteroatoms. The molecule has 0 saturated carbocycles. The highest BCUT2D eigenvalue weighted by molar-refractivity contribution is 7.13. The molecule has 2 aliphatic heterocycles. The van der Waals surface area contributed by atoms with Gasteiger partial charge in [0, 0.05) is 51.2 Å². The molecule has 0 atom stereocenters. The van der Waals surface area contributed by atoms with E-state index in [-0.39, 0.29) is 5.91 Å². The quantitative estimate of drug-likeness (QED) is 0.716. The second-order valence-electron chi connectivity index (χ2n) is 7.39. The van der Waals surface area contributed by atoms with Crippen molar-refractivity contribution in [3.05, 3.63) is 35.3 Å². The lowest BCUT2D eigenvalue weighted by atomic mass is 10.2. The number of aromatic nitrogens is 1. The van der Waals surface area contributed by atoms with E-state index in [9.17, 15) is 4.79 Å². The fourth-order valence-electron chi connectivity index (χ4n) is 3.76. The summed E-state index contributed by atoms with van der Waals surface area (Å²) in [5, 5.41) is 3.13. The Labute approximate surface area is 175 Å². The van der Waals surface area contributed by atoms with E-state index in [4.69, 9.17) is 14.5 Å². The van der Waals surface area contributed by atoms with Gasteiger partial charge in [0.25, 0.3) is 0 Å². The maximum absolute atomic E-state index is 12.4. The van der Waals surface area contributed by atoms with Crippen LogP contribution in [-0.2, 0) is 16.1 Å². The SMILES string of the molecule is COc1ccccc1-c1nc(CN2CCN(CC(=O)N3CCOCC3)CC2)cs1. The molecule has 2 aromatic rings. The first-order valence-electron chi connectivity index (χ1n) is 10.1. The van der Waals surface area contributed by atoms with Crippen LogP contribution in [0.4, 0.5) is 0 Å². The predicted molar refractivity (Wildman–Crippen MR) is 113 cm³/mol. The zero-order chi connectivity index (χ0) is 20.1. The first-order chi connectivity index (χ1) is 14.2. The largest absolute Gasteiger partial charge is 0.496 e. The van der Waals surface area contributed by atoms with Crippen LogP contribution in [0.5, 0.6) is 5.75 Å². The lowest BCUT2D eigenvalue weighted by Gasteiger charge is -2.35. The van der Waals surface area contributed by atoms with Gasteiger partial charge >= 0.3 is 0 Å². The van der Waals surface area contributed by atoms with Gasteiger partial charge in [-0.25, -0.2) is 4.98 Å². The monoisotopic (exact) mass is 416 g/mol. The van der Waals surface area contributed by atoms with Crippen molar-refractivity contribution in [1.29, 1.82) is 0 Å². The van der Waals surface area contributed by atoms with Gasteiger partial charge in [-0.3, -0.25) is 14.6 Å². The van der Waals surface area contributed by atoms with Crippen LogP contribution in [0.3, 0.4) is 0 Å². The van der Waals surface area contributed by atoms with Crippen molar-refractivity contribution in [1.82, 2.24) is 19.7 Å².